The van der Waals surface area contributed by atoms with E-state index in [-0.39, 0.29) is 11.6 Å². The Balaban J connectivity index is 1.53. The molecule has 2 aliphatic carbocycles. The Morgan fingerprint density at radius 2 is 2.19 bits per heavy atom. The summed E-state index contributed by atoms with van der Waals surface area (Å²) >= 11 is 0. The standard InChI is InChI=1S/C21H23FN4O/c22-18-9-10-20(19(23)13-18)25-21(27)11-8-17-14-24-26(15-17)12-4-7-16-5-2-1-3-6-16/h2-3,5-7,9-11,13-15,18,27H,1,4,8,12,23H2/b21-11+,25-20+. The summed E-state index contributed by atoms with van der Waals surface area (Å²) in [5.74, 6) is -0.156. The van der Waals surface area contributed by atoms with Crippen LogP contribution in [0, 0.1) is 0 Å². The third kappa shape index (κ3) is 5.67. The first-order valence-electron chi connectivity index (χ1n) is 8.92. The van der Waals surface area contributed by atoms with Gasteiger partial charge in [0.25, 0.3) is 0 Å². The number of hydrogen-bond acceptors (Lipinski definition) is 4. The maximum absolute atomic E-state index is 13.1. The van der Waals surface area contributed by atoms with Crippen LogP contribution in [0.5, 0.6) is 0 Å². The van der Waals surface area contributed by atoms with Gasteiger partial charge in [-0.3, -0.25) is 4.68 Å². The molecule has 1 heterocycles. The highest BCUT2D eigenvalue weighted by atomic mass is 19.1. The smallest absolute Gasteiger partial charge is 0.207 e. The van der Waals surface area contributed by atoms with E-state index in [9.17, 15) is 9.50 Å². The Morgan fingerprint density at radius 1 is 1.37 bits per heavy atom. The van der Waals surface area contributed by atoms with E-state index >= 15 is 0 Å². The Labute approximate surface area is 158 Å². The van der Waals surface area contributed by atoms with Crippen molar-refractivity contribution in [3.05, 3.63) is 89.8 Å². The van der Waals surface area contributed by atoms with E-state index in [2.05, 4.69) is 40.5 Å². The van der Waals surface area contributed by atoms with Crippen molar-refractivity contribution in [1.82, 2.24) is 9.78 Å². The molecule has 0 bridgehead atoms. The summed E-state index contributed by atoms with van der Waals surface area (Å²) in [5.41, 5.74) is 8.47. The quantitative estimate of drug-likeness (QED) is 0.751. The van der Waals surface area contributed by atoms with Gasteiger partial charge in [-0.1, -0.05) is 30.4 Å². The fraction of sp³-hybridized carbons (Fsp3) is 0.238. The van der Waals surface area contributed by atoms with Crippen LogP contribution in [0.2, 0.25) is 0 Å². The fourth-order valence-electron chi connectivity index (χ4n) is 2.75. The molecule has 140 valence electrons. The summed E-state index contributed by atoms with van der Waals surface area (Å²) in [6.45, 7) is 0.791. The monoisotopic (exact) mass is 366 g/mol. The number of aryl methyl sites for hydroxylation is 1. The number of allylic oxidation sites excluding steroid dienone is 10. The van der Waals surface area contributed by atoms with Crippen LogP contribution in [-0.4, -0.2) is 26.8 Å². The minimum atomic E-state index is -1.21. The molecular weight excluding hydrogens is 343 g/mol. The number of halogens is 1. The molecule has 0 spiro atoms. The lowest BCUT2D eigenvalue weighted by molar-refractivity contribution is 0.404. The predicted octanol–water partition coefficient (Wildman–Crippen LogP) is 3.85. The number of nitrogens with zero attached hydrogens (tertiary/aromatic N) is 3. The summed E-state index contributed by atoms with van der Waals surface area (Å²) in [7, 11) is 0. The molecule has 6 heteroatoms. The molecular formula is C21H23FN4O. The van der Waals surface area contributed by atoms with Crippen LogP contribution in [0.3, 0.4) is 0 Å². The fourth-order valence-corrected chi connectivity index (χ4v) is 2.75. The molecule has 3 N–H and O–H groups in total. The highest BCUT2D eigenvalue weighted by Gasteiger charge is 2.10. The molecule has 5 nitrogen and oxygen atoms in total. The van der Waals surface area contributed by atoms with Crippen molar-refractivity contribution in [2.45, 2.75) is 32.0 Å². The second-order valence-corrected chi connectivity index (χ2v) is 6.33. The molecule has 1 atom stereocenters. The van der Waals surface area contributed by atoms with Gasteiger partial charge in [0.05, 0.1) is 17.6 Å². The first kappa shape index (κ1) is 18.6. The van der Waals surface area contributed by atoms with Crippen LogP contribution in [0.4, 0.5) is 4.39 Å². The molecule has 3 rings (SSSR count). The van der Waals surface area contributed by atoms with E-state index in [0.717, 1.165) is 24.9 Å². The van der Waals surface area contributed by atoms with E-state index < -0.39 is 6.17 Å². The summed E-state index contributed by atoms with van der Waals surface area (Å²) < 4.78 is 15.0. The maximum atomic E-state index is 13.1. The van der Waals surface area contributed by atoms with Crippen molar-refractivity contribution in [2.24, 2.45) is 10.7 Å². The molecule has 1 aromatic heterocycles. The molecule has 1 aromatic rings. The largest absolute Gasteiger partial charge is 0.493 e. The Morgan fingerprint density at radius 3 is 2.96 bits per heavy atom. The number of nitrogens with two attached hydrogens (primary N) is 1. The molecule has 0 saturated carbocycles. The van der Waals surface area contributed by atoms with Crippen molar-refractivity contribution in [2.75, 3.05) is 0 Å². The van der Waals surface area contributed by atoms with E-state index in [0.29, 0.717) is 12.1 Å². The number of hydrogen-bond donors (Lipinski definition) is 2. The zero-order valence-electron chi connectivity index (χ0n) is 15.0. The van der Waals surface area contributed by atoms with Gasteiger partial charge >= 0.3 is 0 Å². The average Bonchev–Trinajstić information content (AvgIpc) is 3.11. The van der Waals surface area contributed by atoms with E-state index in [1.165, 1.54) is 23.8 Å². The third-order valence-corrected chi connectivity index (χ3v) is 4.15. The minimum absolute atomic E-state index is 0.156. The highest BCUT2D eigenvalue weighted by Crippen LogP contribution is 2.11. The number of rotatable bonds is 6. The molecule has 0 radical (unpaired) electrons. The van der Waals surface area contributed by atoms with E-state index in [4.69, 9.17) is 5.73 Å². The van der Waals surface area contributed by atoms with Crippen molar-refractivity contribution < 1.29 is 9.50 Å². The Bertz CT molecular complexity index is 870. The van der Waals surface area contributed by atoms with Crippen molar-refractivity contribution in [1.29, 1.82) is 0 Å². The molecule has 27 heavy (non-hydrogen) atoms. The minimum Gasteiger partial charge on any atom is -0.493 e. The van der Waals surface area contributed by atoms with Gasteiger partial charge in [-0.15, -0.1) is 0 Å². The Kier molecular flexibility index (Phi) is 6.20. The highest BCUT2D eigenvalue weighted by molar-refractivity contribution is 6.09. The van der Waals surface area contributed by atoms with Crippen LogP contribution < -0.4 is 5.73 Å². The van der Waals surface area contributed by atoms with Gasteiger partial charge < -0.3 is 10.8 Å². The average molecular weight is 366 g/mol. The maximum Gasteiger partial charge on any atom is 0.207 e. The first-order valence-corrected chi connectivity index (χ1v) is 8.92. The second-order valence-electron chi connectivity index (χ2n) is 6.33. The summed E-state index contributed by atoms with van der Waals surface area (Å²) in [4.78, 5) is 4.01. The van der Waals surface area contributed by atoms with Crippen LogP contribution in [0.15, 0.2) is 89.2 Å². The molecule has 1 unspecified atom stereocenters. The second kappa shape index (κ2) is 8.98. The first-order chi connectivity index (χ1) is 13.1. The number of aromatic nitrogens is 2. The summed E-state index contributed by atoms with van der Waals surface area (Å²) in [6.07, 6.45) is 21.3. The van der Waals surface area contributed by atoms with Gasteiger partial charge in [-0.2, -0.15) is 5.10 Å². The number of aliphatic imine (C=N–C) groups is 1. The van der Waals surface area contributed by atoms with Crippen molar-refractivity contribution in [3.63, 3.8) is 0 Å². The van der Waals surface area contributed by atoms with Crippen LogP contribution in [0.25, 0.3) is 0 Å². The summed E-state index contributed by atoms with van der Waals surface area (Å²) in [6, 6.07) is 0. The number of alkyl halides is 1. The van der Waals surface area contributed by atoms with Gasteiger partial charge in [0.2, 0.25) is 5.88 Å². The van der Waals surface area contributed by atoms with Gasteiger partial charge in [0.15, 0.2) is 0 Å². The van der Waals surface area contributed by atoms with Gasteiger partial charge in [0, 0.05) is 12.7 Å². The molecule has 0 amide bonds. The van der Waals surface area contributed by atoms with Crippen LogP contribution in [-0.2, 0) is 13.0 Å². The van der Waals surface area contributed by atoms with Gasteiger partial charge in [-0.05, 0) is 54.7 Å². The normalized spacial score (nSPS) is 21.0. The molecule has 0 saturated heterocycles. The van der Waals surface area contributed by atoms with E-state index in [1.54, 1.807) is 12.3 Å². The third-order valence-electron chi connectivity index (χ3n) is 4.15. The molecule has 0 fully saturated rings. The SMILES string of the molecule is NC1=CC(F)C=C/C1=N\C(O)=C/Cc1cnn(CCC=C2C=CCC=C2)c1. The lowest BCUT2D eigenvalue weighted by Gasteiger charge is -2.08. The molecule has 0 aromatic carbocycles. The van der Waals surface area contributed by atoms with Crippen molar-refractivity contribution in [3.8, 4) is 0 Å². The predicted molar refractivity (Wildman–Crippen MR) is 106 cm³/mol. The number of aliphatic hydroxyl groups is 1. The zero-order valence-corrected chi connectivity index (χ0v) is 15.0. The van der Waals surface area contributed by atoms with E-state index in [1.807, 2.05) is 10.9 Å². The van der Waals surface area contributed by atoms with Gasteiger partial charge in [0.1, 0.15) is 6.17 Å². The van der Waals surface area contributed by atoms with Crippen molar-refractivity contribution >= 4 is 5.71 Å². The lowest BCUT2D eigenvalue weighted by atomic mass is 10.1. The lowest BCUT2D eigenvalue weighted by Crippen LogP contribution is -2.15. The summed E-state index contributed by atoms with van der Waals surface area (Å²) in [5, 5.41) is 14.3. The van der Waals surface area contributed by atoms with Crippen LogP contribution in [0.1, 0.15) is 18.4 Å². The zero-order chi connectivity index (χ0) is 19.1. The Hall–Kier alpha value is -3.15. The topological polar surface area (TPSA) is 76.4 Å². The van der Waals surface area contributed by atoms with Gasteiger partial charge in [-0.25, -0.2) is 9.38 Å². The molecule has 2 aliphatic rings. The number of aliphatic hydroxyl groups excluding tert-OH is 1. The van der Waals surface area contributed by atoms with Crippen LogP contribution >= 0.6 is 0 Å². The molecule has 0 aliphatic heterocycles.